The Balaban J connectivity index is 0.000000155. The zero-order valence-electron chi connectivity index (χ0n) is 21.6. The van der Waals surface area contributed by atoms with Crippen molar-refractivity contribution in [2.24, 2.45) is 0 Å². The van der Waals surface area contributed by atoms with Gasteiger partial charge >= 0.3 is 0 Å². The number of fused-ring (bicyclic) bond motifs is 4. The van der Waals surface area contributed by atoms with E-state index in [0.29, 0.717) is 5.82 Å². The van der Waals surface area contributed by atoms with E-state index in [1.807, 2.05) is 60.9 Å². The Morgan fingerprint density at radius 2 is 1.38 bits per heavy atom. The van der Waals surface area contributed by atoms with Gasteiger partial charge in [0.1, 0.15) is 0 Å². The number of hydrogen-bond acceptors (Lipinski definition) is 3. The molecule has 0 aliphatic rings. The molecule has 7 aromatic rings. The normalized spacial score (nSPS) is 10.6. The first kappa shape index (κ1) is 26.4. The first-order valence-electron chi connectivity index (χ1n) is 12.6. The van der Waals surface area contributed by atoms with E-state index in [1.165, 1.54) is 27.1 Å². The van der Waals surface area contributed by atoms with E-state index in [1.54, 1.807) is 0 Å². The van der Waals surface area contributed by atoms with Gasteiger partial charge in [0.25, 0.3) is 0 Å². The molecule has 7 rings (SSSR count). The summed E-state index contributed by atoms with van der Waals surface area (Å²) in [6, 6.07) is 41.4. The van der Waals surface area contributed by atoms with Gasteiger partial charge in [-0.1, -0.05) is 68.4 Å². The summed E-state index contributed by atoms with van der Waals surface area (Å²) in [6.45, 7) is 4.18. The Kier molecular flexibility index (Phi) is 7.88. The van der Waals surface area contributed by atoms with E-state index in [4.69, 9.17) is 0 Å². The molecular weight excluding hydrogens is 655 g/mol. The molecule has 1 radical (unpaired) electrons. The van der Waals surface area contributed by atoms with Gasteiger partial charge in [0.05, 0.1) is 11.3 Å². The molecule has 2 heterocycles. The summed E-state index contributed by atoms with van der Waals surface area (Å²) < 4.78 is 0. The fraction of sp³-hybridized carbons (Fsp3) is 0.0571. The first-order chi connectivity index (χ1) is 18.7. The van der Waals surface area contributed by atoms with Crippen LogP contribution < -0.4 is 0 Å². The van der Waals surface area contributed by atoms with Gasteiger partial charge in [-0.15, -0.1) is 70.8 Å². The van der Waals surface area contributed by atoms with Gasteiger partial charge in [0.2, 0.25) is 0 Å². The van der Waals surface area contributed by atoms with E-state index >= 15 is 0 Å². The van der Waals surface area contributed by atoms with E-state index in [9.17, 15) is 0 Å². The van der Waals surface area contributed by atoms with Crippen LogP contribution in [0.25, 0.3) is 55.1 Å². The largest absolute Gasteiger partial charge is 0.304 e. The van der Waals surface area contributed by atoms with Crippen LogP contribution in [0.3, 0.4) is 0 Å². The molecule has 0 amide bonds. The summed E-state index contributed by atoms with van der Waals surface area (Å²) in [5.41, 5.74) is 6.37. The molecule has 2 aromatic heterocycles. The zero-order valence-corrected chi connectivity index (χ0v) is 24.0. The molecule has 191 valence electrons. The number of rotatable bonds is 2. The molecule has 0 spiro atoms. The number of aryl methyl sites for hydroxylation is 2. The Bertz CT molecular complexity index is 1870. The molecule has 0 N–H and O–H groups in total. The molecule has 0 unspecified atom stereocenters. The van der Waals surface area contributed by atoms with Crippen LogP contribution in [0.4, 0.5) is 0 Å². The number of benzene rings is 5. The fourth-order valence-corrected chi connectivity index (χ4v) is 4.81. The van der Waals surface area contributed by atoms with Gasteiger partial charge in [-0.3, -0.25) is 9.97 Å². The smallest absolute Gasteiger partial charge is 0.0755 e. The van der Waals surface area contributed by atoms with E-state index in [0.717, 1.165) is 33.3 Å². The molecule has 4 heteroatoms. The minimum atomic E-state index is 0. The van der Waals surface area contributed by atoms with Crippen molar-refractivity contribution >= 4 is 32.4 Å². The molecule has 39 heavy (non-hydrogen) atoms. The maximum Gasteiger partial charge on any atom is 0.0755 e. The molecule has 0 bridgehead atoms. The third-order valence-corrected chi connectivity index (χ3v) is 6.52. The van der Waals surface area contributed by atoms with Gasteiger partial charge in [-0.2, -0.15) is 0 Å². The first-order valence-corrected chi connectivity index (χ1v) is 12.6. The summed E-state index contributed by atoms with van der Waals surface area (Å²) in [6.07, 6.45) is 3.77. The summed E-state index contributed by atoms with van der Waals surface area (Å²) >= 11 is 0. The quantitative estimate of drug-likeness (QED) is 0.136. The van der Waals surface area contributed by atoms with Gasteiger partial charge in [0, 0.05) is 37.9 Å². The van der Waals surface area contributed by atoms with Crippen LogP contribution in [0.2, 0.25) is 0 Å². The van der Waals surface area contributed by atoms with Gasteiger partial charge in [0.15, 0.2) is 0 Å². The third kappa shape index (κ3) is 5.63. The van der Waals surface area contributed by atoms with E-state index < -0.39 is 0 Å². The second kappa shape index (κ2) is 11.7. The van der Waals surface area contributed by atoms with Crippen LogP contribution in [0.15, 0.2) is 116 Å². The molecular formula is C35H25IrN3-2. The Labute approximate surface area is 242 Å². The number of hydrogen-bond donors (Lipinski definition) is 0. The predicted molar refractivity (Wildman–Crippen MR) is 157 cm³/mol. The van der Waals surface area contributed by atoms with Crippen LogP contribution in [0.5, 0.6) is 0 Å². The van der Waals surface area contributed by atoms with Crippen LogP contribution in [0.1, 0.15) is 11.1 Å². The van der Waals surface area contributed by atoms with Crippen molar-refractivity contribution in [1.82, 2.24) is 15.0 Å². The van der Waals surface area contributed by atoms with Gasteiger partial charge in [-0.25, -0.2) is 0 Å². The second-order valence-electron chi connectivity index (χ2n) is 9.32. The van der Waals surface area contributed by atoms with Crippen molar-refractivity contribution in [2.45, 2.75) is 13.8 Å². The standard InChI is InChI=1S/C18H11N2.C17H14N.Ir/c1-2-7-14(8-3-1)18-19-12-16-15-9-5-4-6-13(15)10-11-17(16)20-18;1-12-9-13(2)11-15(10-12)17-16-6-4-3-5-14(16)7-8-18-17;/h1-7,9-12H;3-10H,1-2H3;/q2*-1;. The van der Waals surface area contributed by atoms with E-state index in [2.05, 4.69) is 95.5 Å². The Morgan fingerprint density at radius 3 is 2.15 bits per heavy atom. The molecule has 0 saturated heterocycles. The molecule has 0 aliphatic heterocycles. The molecule has 0 atom stereocenters. The number of nitrogens with zero attached hydrogens (tertiary/aromatic N) is 3. The topological polar surface area (TPSA) is 38.7 Å². The fourth-order valence-electron chi connectivity index (χ4n) is 4.81. The maximum atomic E-state index is 4.65. The second-order valence-corrected chi connectivity index (χ2v) is 9.32. The predicted octanol–water partition coefficient (Wildman–Crippen LogP) is 8.57. The molecule has 3 nitrogen and oxygen atoms in total. The van der Waals surface area contributed by atoms with Crippen LogP contribution >= 0.6 is 0 Å². The van der Waals surface area contributed by atoms with Crippen molar-refractivity contribution in [1.29, 1.82) is 0 Å². The molecule has 5 aromatic carbocycles. The summed E-state index contributed by atoms with van der Waals surface area (Å²) in [4.78, 5) is 13.7. The average molecular weight is 680 g/mol. The Hall–Kier alpha value is -4.24. The summed E-state index contributed by atoms with van der Waals surface area (Å²) in [5.74, 6) is 0.716. The minimum absolute atomic E-state index is 0. The van der Waals surface area contributed by atoms with Crippen molar-refractivity contribution < 1.29 is 20.1 Å². The maximum absolute atomic E-state index is 4.65. The SMILES string of the molecule is Cc1[c-]c(-c2nccc3ccccc23)cc(C)c1.[Ir].[c-]1ccccc1-c1ncc2c(ccc3ccccc32)n1. The number of aromatic nitrogens is 3. The monoisotopic (exact) mass is 680 g/mol. The molecule has 0 saturated carbocycles. The molecule has 0 aliphatic carbocycles. The average Bonchev–Trinajstić information content (AvgIpc) is 2.97. The van der Waals surface area contributed by atoms with Crippen molar-refractivity contribution in [3.63, 3.8) is 0 Å². The van der Waals surface area contributed by atoms with Gasteiger partial charge in [-0.05, 0) is 39.4 Å². The Morgan fingerprint density at radius 1 is 0.641 bits per heavy atom. The van der Waals surface area contributed by atoms with Crippen LogP contribution in [-0.4, -0.2) is 15.0 Å². The molecule has 0 fully saturated rings. The van der Waals surface area contributed by atoms with Crippen LogP contribution in [0, 0.1) is 26.0 Å². The zero-order chi connectivity index (χ0) is 25.9. The van der Waals surface area contributed by atoms with Crippen molar-refractivity contribution in [3.8, 4) is 22.6 Å². The number of pyridine rings is 1. The summed E-state index contributed by atoms with van der Waals surface area (Å²) in [5, 5.41) is 5.88. The van der Waals surface area contributed by atoms with E-state index in [-0.39, 0.29) is 20.1 Å². The van der Waals surface area contributed by atoms with Gasteiger partial charge < -0.3 is 4.98 Å². The minimum Gasteiger partial charge on any atom is -0.304 e. The van der Waals surface area contributed by atoms with Crippen molar-refractivity contribution in [3.05, 3.63) is 139 Å². The van der Waals surface area contributed by atoms with Crippen molar-refractivity contribution in [2.75, 3.05) is 0 Å². The van der Waals surface area contributed by atoms with Crippen LogP contribution in [-0.2, 0) is 20.1 Å². The summed E-state index contributed by atoms with van der Waals surface area (Å²) in [7, 11) is 0. The third-order valence-electron chi connectivity index (χ3n) is 6.52.